The van der Waals surface area contributed by atoms with Crippen LogP contribution < -0.4 is 21.3 Å². The molecule has 15 aromatic carbocycles. The predicted molar refractivity (Wildman–Crippen MR) is 441 cm³/mol. The van der Waals surface area contributed by atoms with Gasteiger partial charge in [-0.2, -0.15) is 0 Å². The van der Waals surface area contributed by atoms with Gasteiger partial charge in [0.1, 0.15) is 0 Å². The van der Waals surface area contributed by atoms with E-state index in [9.17, 15) is 0 Å². The summed E-state index contributed by atoms with van der Waals surface area (Å²) >= 11 is 0. The fraction of sp³-hybridized carbons (Fsp3) is 0.0909. The Morgan fingerprint density at radius 3 is 1.04 bits per heavy atom. The Morgan fingerprint density at radius 1 is 0.262 bits per heavy atom. The molecule has 0 saturated carbocycles. The number of hydrogen-bond acceptors (Lipinski definition) is 1. The minimum Gasteiger partial charge on any atom is -0.344 e. The lowest BCUT2D eigenvalue weighted by Crippen LogP contribution is -2.59. The molecule has 2 aliphatic heterocycles. The van der Waals surface area contributed by atoms with E-state index in [1.807, 2.05) is 0 Å². The highest BCUT2D eigenvalue weighted by atomic mass is 15.1. The third-order valence-corrected chi connectivity index (χ3v) is 22.2. The van der Waals surface area contributed by atoms with Gasteiger partial charge < -0.3 is 14.0 Å². The zero-order valence-electron chi connectivity index (χ0n) is 59.2. The van der Waals surface area contributed by atoms with Gasteiger partial charge in [-0.25, -0.2) is 0 Å². The Bertz CT molecular complexity index is 5950. The number of benzene rings is 15. The molecular weight excluding hydrogens is 1240 g/mol. The smallest absolute Gasteiger partial charge is 0.252 e. The van der Waals surface area contributed by atoms with Crippen molar-refractivity contribution in [3.8, 4) is 112 Å². The Morgan fingerprint density at radius 2 is 0.612 bits per heavy atom. The third kappa shape index (κ3) is 10.3. The topological polar surface area (TPSA) is 13.1 Å². The highest BCUT2D eigenvalue weighted by Crippen LogP contribution is 2.48. The normalized spacial score (nSPS) is 12.4. The van der Waals surface area contributed by atoms with Crippen LogP contribution in [0.3, 0.4) is 0 Å². The van der Waals surface area contributed by atoms with E-state index in [0.29, 0.717) is 0 Å². The number of rotatable bonds is 11. The second-order valence-corrected chi connectivity index (χ2v) is 30.5. The standard InChI is InChI=1S/C99H76BN3/c1-98(2,3)76-47-50-90-84(59-76)86-54-74(81-40-22-20-38-79(81)72-36-24-34-69(52-72)64-28-14-9-15-29-64)56-88-96(86)102(90)93-61-78(101(7)92-58-71(66-32-18-11-19-33-66)46-49-83(92)68-44-42-67(43-45-68)63-26-12-8-13-27-63)62-94-95(93)100(88)89-57-75(55-87-85-60-77(99(4,5)6)48-51-91(85)103(94)97(87)89)82-41-23-21-39-80(82)73-37-25-35-70(53-73)65-30-16-10-17-31-65/h8-62H,1-7H3. The average molecular weight is 1320 g/mol. The molecule has 4 heterocycles. The summed E-state index contributed by atoms with van der Waals surface area (Å²) in [5, 5.41) is 5.01. The monoisotopic (exact) mass is 1320 g/mol. The van der Waals surface area contributed by atoms with Crippen molar-refractivity contribution in [1.82, 2.24) is 9.13 Å². The Kier molecular flexibility index (Phi) is 14.4. The van der Waals surface area contributed by atoms with Crippen LogP contribution in [-0.2, 0) is 10.8 Å². The van der Waals surface area contributed by atoms with Crippen LogP contribution in [-0.4, -0.2) is 22.9 Å². The van der Waals surface area contributed by atoms with Gasteiger partial charge in [0.25, 0.3) is 6.71 Å². The summed E-state index contributed by atoms with van der Waals surface area (Å²) < 4.78 is 5.35. The summed E-state index contributed by atoms with van der Waals surface area (Å²) in [4.78, 5) is 2.48. The first-order valence-electron chi connectivity index (χ1n) is 36.3. The van der Waals surface area contributed by atoms with Gasteiger partial charge in [-0.1, -0.05) is 308 Å². The lowest BCUT2D eigenvalue weighted by atomic mass is 9.34. The van der Waals surface area contributed by atoms with Gasteiger partial charge in [-0.15, -0.1) is 0 Å². The molecule has 490 valence electrons. The minimum atomic E-state index is -0.200. The van der Waals surface area contributed by atoms with Gasteiger partial charge in [-0.05, 0) is 200 Å². The fourth-order valence-corrected chi connectivity index (χ4v) is 16.9. The summed E-state index contributed by atoms with van der Waals surface area (Å²) in [5.74, 6) is 0. The molecule has 4 heteroatoms. The van der Waals surface area contributed by atoms with Gasteiger partial charge in [0.05, 0.1) is 11.0 Å². The summed E-state index contributed by atoms with van der Waals surface area (Å²) in [6.45, 7) is 13.9. The molecule has 0 aliphatic carbocycles. The highest BCUT2D eigenvalue weighted by molar-refractivity contribution is 7.00. The van der Waals surface area contributed by atoms with E-state index in [1.165, 1.54) is 166 Å². The van der Waals surface area contributed by atoms with Crippen LogP contribution in [0.15, 0.2) is 334 Å². The van der Waals surface area contributed by atoms with Crippen molar-refractivity contribution in [2.45, 2.75) is 52.4 Å². The van der Waals surface area contributed by atoms with Gasteiger partial charge in [0.15, 0.2) is 0 Å². The molecule has 0 bridgehead atoms. The molecule has 0 atom stereocenters. The summed E-state index contributed by atoms with van der Waals surface area (Å²) in [5.41, 5.74) is 37.2. The van der Waals surface area contributed by atoms with E-state index in [0.717, 1.165) is 28.1 Å². The van der Waals surface area contributed by atoms with E-state index in [2.05, 4.69) is 396 Å². The highest BCUT2D eigenvalue weighted by Gasteiger charge is 2.43. The number of aromatic nitrogens is 2. The molecule has 0 fully saturated rings. The maximum atomic E-state index is 2.67. The van der Waals surface area contributed by atoms with E-state index >= 15 is 0 Å². The SMILES string of the molecule is CN(c1cc2c3c(c1)-n1c4ccc(C(C)(C)C)cc4c4cc(-c5ccccc5-c5cccc(-c6ccccc6)c5)cc(c41)B3c1cc(-c3ccccc3-c3cccc(-c4ccccc4)c3)cc3c4cc(C(C)(C)C)ccc4n-2c13)c1cc(-c2ccccc2)ccc1-c1ccc(-c2ccccc2)cc1. The zero-order valence-corrected chi connectivity index (χ0v) is 59.2. The van der Waals surface area contributed by atoms with Crippen molar-refractivity contribution in [3.05, 3.63) is 345 Å². The minimum absolute atomic E-state index is 0.109. The first-order valence-corrected chi connectivity index (χ1v) is 36.3. The van der Waals surface area contributed by atoms with Crippen LogP contribution in [0.25, 0.3) is 155 Å². The van der Waals surface area contributed by atoms with Crippen LogP contribution in [0, 0.1) is 0 Å². The second-order valence-electron chi connectivity index (χ2n) is 30.5. The number of anilines is 2. The molecule has 0 amide bonds. The summed E-state index contributed by atoms with van der Waals surface area (Å²) in [7, 11) is 2.29. The maximum Gasteiger partial charge on any atom is 0.252 e. The van der Waals surface area contributed by atoms with E-state index in [4.69, 9.17) is 0 Å². The Labute approximate surface area is 604 Å². The molecule has 0 unspecified atom stereocenters. The summed E-state index contributed by atoms with van der Waals surface area (Å²) in [6.07, 6.45) is 0. The quantitative estimate of drug-likeness (QED) is 0.118. The number of nitrogens with zero attached hydrogens (tertiary/aromatic N) is 3. The van der Waals surface area contributed by atoms with Crippen LogP contribution in [0.4, 0.5) is 11.4 Å². The van der Waals surface area contributed by atoms with Crippen LogP contribution in [0.5, 0.6) is 0 Å². The molecule has 3 nitrogen and oxygen atoms in total. The zero-order chi connectivity index (χ0) is 69.4. The Balaban J connectivity index is 0.919. The molecule has 0 radical (unpaired) electrons. The maximum absolute atomic E-state index is 2.67. The fourth-order valence-electron chi connectivity index (χ4n) is 16.9. The van der Waals surface area contributed by atoms with Crippen molar-refractivity contribution < 1.29 is 0 Å². The first-order chi connectivity index (χ1) is 50.3. The van der Waals surface area contributed by atoms with Gasteiger partial charge in [-0.3, -0.25) is 0 Å². The summed E-state index contributed by atoms with van der Waals surface area (Å²) in [6, 6.07) is 126. The van der Waals surface area contributed by atoms with Crippen LogP contribution >= 0.6 is 0 Å². The van der Waals surface area contributed by atoms with Gasteiger partial charge >= 0.3 is 0 Å². The molecule has 0 saturated heterocycles. The van der Waals surface area contributed by atoms with Gasteiger partial charge in [0.2, 0.25) is 0 Å². The first kappa shape index (κ1) is 61.8. The largest absolute Gasteiger partial charge is 0.344 e. The molecule has 2 aliphatic rings. The van der Waals surface area contributed by atoms with Crippen molar-refractivity contribution in [2.24, 2.45) is 0 Å². The van der Waals surface area contributed by atoms with E-state index in [1.54, 1.807) is 0 Å². The van der Waals surface area contributed by atoms with Crippen molar-refractivity contribution in [1.29, 1.82) is 0 Å². The molecule has 0 spiro atoms. The second kappa shape index (κ2) is 24.0. The molecule has 2 aromatic heterocycles. The van der Waals surface area contributed by atoms with Crippen molar-refractivity contribution in [2.75, 3.05) is 11.9 Å². The molecule has 17 aromatic rings. The van der Waals surface area contributed by atoms with Crippen LogP contribution in [0.2, 0.25) is 0 Å². The number of fused-ring (bicyclic) bond motifs is 10. The van der Waals surface area contributed by atoms with Crippen molar-refractivity contribution >= 4 is 78.1 Å². The molecule has 19 rings (SSSR count). The van der Waals surface area contributed by atoms with Gasteiger partial charge in [0, 0.05) is 67.9 Å². The molecule has 103 heavy (non-hydrogen) atoms. The number of hydrogen-bond donors (Lipinski definition) is 0. The van der Waals surface area contributed by atoms with E-state index in [-0.39, 0.29) is 17.5 Å². The molecule has 0 N–H and O–H groups in total. The van der Waals surface area contributed by atoms with Crippen LogP contribution in [0.1, 0.15) is 52.7 Å². The van der Waals surface area contributed by atoms with E-state index < -0.39 is 0 Å². The third-order valence-electron chi connectivity index (χ3n) is 22.2. The lowest BCUT2D eigenvalue weighted by molar-refractivity contribution is 0.591. The molecular formula is C99H76BN3. The Hall–Kier alpha value is -12.2. The average Bonchev–Trinajstić information content (AvgIpc) is 1.59. The lowest BCUT2D eigenvalue weighted by Gasteiger charge is -2.36. The van der Waals surface area contributed by atoms with Crippen molar-refractivity contribution in [3.63, 3.8) is 0 Å². The predicted octanol–water partition coefficient (Wildman–Crippen LogP) is 24.4.